The van der Waals surface area contributed by atoms with Crippen LogP contribution in [0.5, 0.6) is 5.75 Å². The van der Waals surface area contributed by atoms with Crippen LogP contribution in [0.25, 0.3) is 0 Å². The number of hydrogen-bond donors (Lipinski definition) is 0. The summed E-state index contributed by atoms with van der Waals surface area (Å²) in [6.45, 7) is 0. The molecule has 2 rings (SSSR count). The maximum atomic E-state index is 13.1. The third-order valence-corrected chi connectivity index (χ3v) is 3.91. The highest BCUT2D eigenvalue weighted by atomic mass is 79.9. The van der Waals surface area contributed by atoms with Crippen LogP contribution in [0.2, 0.25) is 5.02 Å². The first-order valence-corrected chi connectivity index (χ1v) is 6.99. The van der Waals surface area contributed by atoms with Crippen LogP contribution < -0.4 is 4.74 Å². The number of ether oxygens (including phenoxy) is 1. The van der Waals surface area contributed by atoms with Crippen molar-refractivity contribution in [3.8, 4) is 5.75 Å². The lowest BCUT2D eigenvalue weighted by Crippen LogP contribution is -2.04. The Hall–Kier alpha value is -1.39. The summed E-state index contributed by atoms with van der Waals surface area (Å²) < 4.78 is 19.0. The maximum Gasteiger partial charge on any atom is 0.167 e. The second-order valence-corrected chi connectivity index (χ2v) is 5.45. The van der Waals surface area contributed by atoms with Crippen LogP contribution in [0.15, 0.2) is 40.9 Å². The van der Waals surface area contributed by atoms with Gasteiger partial charge in [-0.05, 0) is 42.0 Å². The summed E-state index contributed by atoms with van der Waals surface area (Å²) >= 11 is 9.08. The number of benzene rings is 2. The Kier molecular flexibility index (Phi) is 4.78. The molecule has 5 heteroatoms. The van der Waals surface area contributed by atoms with E-state index in [1.807, 2.05) is 6.07 Å². The molecule has 0 fully saturated rings. The monoisotopic (exact) mass is 356 g/mol. The lowest BCUT2D eigenvalue weighted by molar-refractivity contribution is 0.0992. The fourth-order valence-corrected chi connectivity index (χ4v) is 2.33. The average molecular weight is 358 g/mol. The third kappa shape index (κ3) is 3.38. The van der Waals surface area contributed by atoms with Crippen molar-refractivity contribution < 1.29 is 13.9 Å². The number of Topliss-reactive ketones (excluding diaryl/α,β-unsaturated/α-hetero) is 1. The molecule has 0 aliphatic rings. The quantitative estimate of drug-likeness (QED) is 0.743. The number of rotatable bonds is 4. The summed E-state index contributed by atoms with van der Waals surface area (Å²) in [5, 5.41) is -0.0550. The topological polar surface area (TPSA) is 26.3 Å². The Balaban J connectivity index is 2.25. The zero-order valence-electron chi connectivity index (χ0n) is 10.6. The van der Waals surface area contributed by atoms with Gasteiger partial charge < -0.3 is 4.74 Å². The van der Waals surface area contributed by atoms with E-state index in [1.165, 1.54) is 18.2 Å². The summed E-state index contributed by atoms with van der Waals surface area (Å²) in [4.78, 5) is 12.2. The SMILES string of the molecule is COc1ccc(Br)c(CC(=O)c2ccc(F)c(Cl)c2)c1. The van der Waals surface area contributed by atoms with Gasteiger partial charge >= 0.3 is 0 Å². The molecule has 0 bridgehead atoms. The van der Waals surface area contributed by atoms with Crippen LogP contribution in [-0.4, -0.2) is 12.9 Å². The fourth-order valence-electron chi connectivity index (χ4n) is 1.76. The second kappa shape index (κ2) is 6.37. The van der Waals surface area contributed by atoms with E-state index in [1.54, 1.807) is 19.2 Å². The molecule has 0 radical (unpaired) electrons. The van der Waals surface area contributed by atoms with Crippen molar-refractivity contribution >= 4 is 33.3 Å². The first kappa shape index (κ1) is 15.0. The van der Waals surface area contributed by atoms with Gasteiger partial charge in [-0.25, -0.2) is 4.39 Å². The fraction of sp³-hybridized carbons (Fsp3) is 0.133. The number of ketones is 1. The van der Waals surface area contributed by atoms with E-state index < -0.39 is 5.82 Å². The first-order valence-electron chi connectivity index (χ1n) is 5.82. The molecule has 0 saturated carbocycles. The average Bonchev–Trinajstić information content (AvgIpc) is 2.44. The highest BCUT2D eigenvalue weighted by Crippen LogP contribution is 2.24. The van der Waals surface area contributed by atoms with E-state index >= 15 is 0 Å². The number of carbonyl (C=O) groups excluding carboxylic acids is 1. The smallest absolute Gasteiger partial charge is 0.167 e. The van der Waals surface area contributed by atoms with E-state index in [-0.39, 0.29) is 17.2 Å². The summed E-state index contributed by atoms with van der Waals surface area (Å²) in [6.07, 6.45) is 0.180. The molecular weight excluding hydrogens is 347 g/mol. The minimum atomic E-state index is -0.536. The maximum absolute atomic E-state index is 13.1. The third-order valence-electron chi connectivity index (χ3n) is 2.85. The Morgan fingerprint density at radius 3 is 2.70 bits per heavy atom. The molecule has 0 saturated heterocycles. The van der Waals surface area contributed by atoms with Gasteiger partial charge in [-0.1, -0.05) is 27.5 Å². The molecular formula is C15H11BrClFO2. The number of carbonyl (C=O) groups is 1. The van der Waals surface area contributed by atoms with Crippen molar-refractivity contribution in [2.45, 2.75) is 6.42 Å². The number of hydrogen-bond acceptors (Lipinski definition) is 2. The molecule has 0 unspecified atom stereocenters. The predicted molar refractivity (Wildman–Crippen MR) is 80.1 cm³/mol. The summed E-state index contributed by atoms with van der Waals surface area (Å²) in [7, 11) is 1.56. The van der Waals surface area contributed by atoms with E-state index in [0.717, 1.165) is 10.0 Å². The molecule has 20 heavy (non-hydrogen) atoms. The molecule has 2 nitrogen and oxygen atoms in total. The van der Waals surface area contributed by atoms with Crippen LogP contribution in [0.1, 0.15) is 15.9 Å². The molecule has 2 aromatic rings. The molecule has 0 atom stereocenters. The van der Waals surface area contributed by atoms with Gasteiger partial charge in [-0.15, -0.1) is 0 Å². The molecule has 0 amide bonds. The summed E-state index contributed by atoms with van der Waals surface area (Å²) in [5.41, 5.74) is 1.18. The van der Waals surface area contributed by atoms with Gasteiger partial charge in [0.2, 0.25) is 0 Å². The largest absolute Gasteiger partial charge is 0.497 e. The van der Waals surface area contributed by atoms with Crippen molar-refractivity contribution in [2.75, 3.05) is 7.11 Å². The molecule has 0 heterocycles. The second-order valence-electron chi connectivity index (χ2n) is 4.19. The van der Waals surface area contributed by atoms with Crippen molar-refractivity contribution in [1.29, 1.82) is 0 Å². The van der Waals surface area contributed by atoms with Crippen molar-refractivity contribution in [2.24, 2.45) is 0 Å². The first-order chi connectivity index (χ1) is 9.51. The molecule has 0 aliphatic carbocycles. The highest BCUT2D eigenvalue weighted by molar-refractivity contribution is 9.10. The van der Waals surface area contributed by atoms with Crippen LogP contribution in [0.4, 0.5) is 4.39 Å². The van der Waals surface area contributed by atoms with Gasteiger partial charge in [0.05, 0.1) is 12.1 Å². The zero-order valence-corrected chi connectivity index (χ0v) is 13.0. The Labute approximate surface area is 129 Å². The molecule has 2 aromatic carbocycles. The molecule has 0 spiro atoms. The van der Waals surface area contributed by atoms with Gasteiger partial charge in [-0.2, -0.15) is 0 Å². The van der Waals surface area contributed by atoms with Crippen LogP contribution in [0.3, 0.4) is 0 Å². The van der Waals surface area contributed by atoms with Crippen LogP contribution >= 0.6 is 27.5 Å². The normalized spacial score (nSPS) is 10.4. The predicted octanol–water partition coefficient (Wildman–Crippen LogP) is 4.68. The van der Waals surface area contributed by atoms with Gasteiger partial charge in [0.15, 0.2) is 5.78 Å². The minimum Gasteiger partial charge on any atom is -0.497 e. The van der Waals surface area contributed by atoms with E-state index in [2.05, 4.69) is 15.9 Å². The zero-order chi connectivity index (χ0) is 14.7. The van der Waals surface area contributed by atoms with E-state index in [9.17, 15) is 9.18 Å². The van der Waals surface area contributed by atoms with Crippen molar-refractivity contribution in [3.63, 3.8) is 0 Å². The van der Waals surface area contributed by atoms with Crippen molar-refractivity contribution in [1.82, 2.24) is 0 Å². The van der Waals surface area contributed by atoms with Gasteiger partial charge in [-0.3, -0.25) is 4.79 Å². The number of halogens is 3. The van der Waals surface area contributed by atoms with E-state index in [4.69, 9.17) is 16.3 Å². The summed E-state index contributed by atoms with van der Waals surface area (Å²) in [5.74, 6) is -0.000214. The molecule has 0 aromatic heterocycles. The Bertz CT molecular complexity index is 658. The lowest BCUT2D eigenvalue weighted by Gasteiger charge is -2.07. The van der Waals surface area contributed by atoms with Gasteiger partial charge in [0, 0.05) is 16.5 Å². The van der Waals surface area contributed by atoms with Gasteiger partial charge in [0.1, 0.15) is 11.6 Å². The highest BCUT2D eigenvalue weighted by Gasteiger charge is 2.12. The molecule has 0 aliphatic heterocycles. The van der Waals surface area contributed by atoms with Crippen LogP contribution in [-0.2, 0) is 6.42 Å². The van der Waals surface area contributed by atoms with Gasteiger partial charge in [0.25, 0.3) is 0 Å². The standard InChI is InChI=1S/C15H11BrClFO2/c1-20-11-3-4-12(16)10(6-11)8-15(19)9-2-5-14(18)13(17)7-9/h2-7H,8H2,1H3. The van der Waals surface area contributed by atoms with Crippen LogP contribution in [0, 0.1) is 5.82 Å². The Morgan fingerprint density at radius 1 is 1.30 bits per heavy atom. The Morgan fingerprint density at radius 2 is 2.05 bits per heavy atom. The number of methoxy groups -OCH3 is 1. The minimum absolute atomic E-state index is 0.0550. The lowest BCUT2D eigenvalue weighted by atomic mass is 10.0. The molecule has 104 valence electrons. The van der Waals surface area contributed by atoms with Crippen molar-refractivity contribution in [3.05, 3.63) is 62.8 Å². The molecule has 0 N–H and O–H groups in total. The summed E-state index contributed by atoms with van der Waals surface area (Å²) in [6, 6.07) is 9.36. The van der Waals surface area contributed by atoms with E-state index in [0.29, 0.717) is 11.3 Å².